The fourth-order valence-electron chi connectivity index (χ4n) is 2.27. The van der Waals surface area contributed by atoms with E-state index in [-0.39, 0.29) is 18.0 Å². The summed E-state index contributed by atoms with van der Waals surface area (Å²) in [4.78, 5) is 22.4. The van der Waals surface area contributed by atoms with Gasteiger partial charge in [-0.3, -0.25) is 14.9 Å². The Morgan fingerprint density at radius 2 is 2.09 bits per heavy atom. The molecule has 1 aromatic heterocycles. The number of anilines is 1. The van der Waals surface area contributed by atoms with Gasteiger partial charge >= 0.3 is 0 Å². The lowest BCUT2D eigenvalue weighted by Crippen LogP contribution is -2.14. The van der Waals surface area contributed by atoms with E-state index in [1.807, 2.05) is 18.2 Å². The Labute approximate surface area is 139 Å². The maximum atomic E-state index is 12.2. The topological polar surface area (TPSA) is 85.4 Å². The molecule has 0 saturated heterocycles. The van der Waals surface area contributed by atoms with Crippen LogP contribution in [-0.2, 0) is 11.2 Å². The number of halogens is 1. The van der Waals surface area contributed by atoms with Gasteiger partial charge in [0, 0.05) is 33.2 Å². The normalized spacial score (nSPS) is 10.7. The van der Waals surface area contributed by atoms with E-state index in [1.165, 1.54) is 18.2 Å². The smallest absolute Gasteiger partial charge is 0.271 e. The van der Waals surface area contributed by atoms with E-state index in [9.17, 15) is 14.9 Å². The third-order valence-corrected chi connectivity index (χ3v) is 3.80. The minimum Gasteiger partial charge on any atom is -0.464 e. The van der Waals surface area contributed by atoms with Crippen molar-refractivity contribution in [3.05, 3.63) is 68.9 Å². The molecule has 0 aliphatic rings. The van der Waals surface area contributed by atoms with Crippen molar-refractivity contribution < 1.29 is 14.1 Å². The molecular weight excluding hydrogens is 364 g/mol. The van der Waals surface area contributed by atoms with Crippen LogP contribution in [0.1, 0.15) is 5.56 Å². The van der Waals surface area contributed by atoms with Gasteiger partial charge in [0.05, 0.1) is 17.6 Å². The summed E-state index contributed by atoms with van der Waals surface area (Å²) < 4.78 is 6.31. The standard InChI is InChI=1S/C16H11BrN2O4/c17-11-4-5-15-14(7-11)10(9-23-15)6-16(20)18-12-2-1-3-13(8-12)19(21)22/h1-5,7-9H,6H2,(H,18,20). The summed E-state index contributed by atoms with van der Waals surface area (Å²) in [6, 6.07) is 11.4. The van der Waals surface area contributed by atoms with Gasteiger partial charge in [0.25, 0.3) is 5.69 Å². The largest absolute Gasteiger partial charge is 0.464 e. The van der Waals surface area contributed by atoms with Gasteiger partial charge in [-0.2, -0.15) is 0 Å². The summed E-state index contributed by atoms with van der Waals surface area (Å²) in [7, 11) is 0. The summed E-state index contributed by atoms with van der Waals surface area (Å²) >= 11 is 3.39. The lowest BCUT2D eigenvalue weighted by Gasteiger charge is -2.04. The van der Waals surface area contributed by atoms with Gasteiger partial charge in [-0.15, -0.1) is 0 Å². The number of rotatable bonds is 4. The molecule has 1 N–H and O–H groups in total. The number of carbonyl (C=O) groups is 1. The quantitative estimate of drug-likeness (QED) is 0.545. The van der Waals surface area contributed by atoms with E-state index in [2.05, 4.69) is 21.2 Å². The molecule has 0 bridgehead atoms. The number of hydrogen-bond acceptors (Lipinski definition) is 4. The monoisotopic (exact) mass is 374 g/mol. The number of amides is 1. The fourth-order valence-corrected chi connectivity index (χ4v) is 2.63. The van der Waals surface area contributed by atoms with Crippen LogP contribution in [0.25, 0.3) is 11.0 Å². The molecule has 0 aliphatic heterocycles. The fraction of sp³-hybridized carbons (Fsp3) is 0.0625. The Balaban J connectivity index is 1.77. The zero-order valence-corrected chi connectivity index (χ0v) is 13.4. The SMILES string of the molecule is O=C(Cc1coc2ccc(Br)cc12)Nc1cccc([N+](=O)[O-])c1. The van der Waals surface area contributed by atoms with Crippen LogP contribution < -0.4 is 5.32 Å². The summed E-state index contributed by atoms with van der Waals surface area (Å²) in [6.45, 7) is 0. The van der Waals surface area contributed by atoms with Crippen molar-refractivity contribution in [3.8, 4) is 0 Å². The molecule has 3 rings (SSSR count). The summed E-state index contributed by atoms with van der Waals surface area (Å²) in [5, 5.41) is 14.3. The summed E-state index contributed by atoms with van der Waals surface area (Å²) in [6.07, 6.45) is 1.66. The molecule has 2 aromatic carbocycles. The number of hydrogen-bond donors (Lipinski definition) is 1. The molecule has 0 radical (unpaired) electrons. The van der Waals surface area contributed by atoms with E-state index < -0.39 is 4.92 Å². The van der Waals surface area contributed by atoms with Gasteiger partial charge in [0.15, 0.2) is 0 Å². The molecule has 7 heteroatoms. The number of furan rings is 1. The Hall–Kier alpha value is -2.67. The van der Waals surface area contributed by atoms with Gasteiger partial charge in [-0.25, -0.2) is 0 Å². The van der Waals surface area contributed by atoms with E-state index in [0.29, 0.717) is 11.3 Å². The number of nitro benzene ring substituents is 1. The second-order valence-corrected chi connectivity index (χ2v) is 5.85. The molecule has 1 heterocycles. The highest BCUT2D eigenvalue weighted by Crippen LogP contribution is 2.25. The van der Waals surface area contributed by atoms with Crippen LogP contribution in [0.3, 0.4) is 0 Å². The van der Waals surface area contributed by atoms with Crippen molar-refractivity contribution in [2.24, 2.45) is 0 Å². The highest BCUT2D eigenvalue weighted by atomic mass is 79.9. The molecule has 116 valence electrons. The van der Waals surface area contributed by atoms with Gasteiger partial charge in [0.2, 0.25) is 5.91 Å². The van der Waals surface area contributed by atoms with Gasteiger partial charge in [0.1, 0.15) is 5.58 Å². The molecule has 0 fully saturated rings. The molecule has 0 aliphatic carbocycles. The number of benzene rings is 2. The highest BCUT2D eigenvalue weighted by Gasteiger charge is 2.12. The third kappa shape index (κ3) is 3.40. The number of fused-ring (bicyclic) bond motifs is 1. The van der Waals surface area contributed by atoms with E-state index in [1.54, 1.807) is 12.3 Å². The Morgan fingerprint density at radius 3 is 2.87 bits per heavy atom. The van der Waals surface area contributed by atoms with Gasteiger partial charge in [-0.05, 0) is 24.3 Å². The van der Waals surface area contributed by atoms with Crippen molar-refractivity contribution in [1.82, 2.24) is 0 Å². The van der Waals surface area contributed by atoms with Crippen LogP contribution in [0, 0.1) is 10.1 Å². The minimum absolute atomic E-state index is 0.0690. The van der Waals surface area contributed by atoms with E-state index in [4.69, 9.17) is 4.42 Å². The highest BCUT2D eigenvalue weighted by molar-refractivity contribution is 9.10. The second-order valence-electron chi connectivity index (χ2n) is 4.93. The maximum absolute atomic E-state index is 12.2. The molecule has 23 heavy (non-hydrogen) atoms. The zero-order chi connectivity index (χ0) is 16.4. The second kappa shape index (κ2) is 6.21. The average molecular weight is 375 g/mol. The van der Waals surface area contributed by atoms with Crippen molar-refractivity contribution in [3.63, 3.8) is 0 Å². The first-order valence-electron chi connectivity index (χ1n) is 6.73. The molecule has 0 saturated carbocycles. The summed E-state index contributed by atoms with van der Waals surface area (Å²) in [5.74, 6) is -0.270. The molecule has 3 aromatic rings. The number of nitrogens with zero attached hydrogens (tertiary/aromatic N) is 1. The van der Waals surface area contributed by atoms with Crippen molar-refractivity contribution in [2.45, 2.75) is 6.42 Å². The number of carbonyl (C=O) groups excluding carboxylic acids is 1. The molecule has 0 atom stereocenters. The zero-order valence-electron chi connectivity index (χ0n) is 11.8. The van der Waals surface area contributed by atoms with Crippen LogP contribution >= 0.6 is 15.9 Å². The molecule has 0 unspecified atom stereocenters. The first-order chi connectivity index (χ1) is 11.0. The third-order valence-electron chi connectivity index (χ3n) is 3.31. The number of nitro groups is 1. The Kier molecular flexibility index (Phi) is 4.12. The molecular formula is C16H11BrN2O4. The molecule has 0 spiro atoms. The van der Waals surface area contributed by atoms with Crippen LogP contribution in [-0.4, -0.2) is 10.8 Å². The average Bonchev–Trinajstić information content (AvgIpc) is 2.89. The van der Waals surface area contributed by atoms with Crippen LogP contribution in [0.2, 0.25) is 0 Å². The van der Waals surface area contributed by atoms with Gasteiger partial charge in [-0.1, -0.05) is 22.0 Å². The van der Waals surface area contributed by atoms with E-state index >= 15 is 0 Å². The van der Waals surface area contributed by atoms with Crippen molar-refractivity contribution >= 4 is 44.2 Å². The molecule has 6 nitrogen and oxygen atoms in total. The van der Waals surface area contributed by atoms with Crippen molar-refractivity contribution in [1.29, 1.82) is 0 Å². The lowest BCUT2D eigenvalue weighted by atomic mass is 10.1. The summed E-state index contributed by atoms with van der Waals surface area (Å²) in [5.41, 5.74) is 1.77. The first-order valence-corrected chi connectivity index (χ1v) is 7.52. The van der Waals surface area contributed by atoms with Gasteiger partial charge < -0.3 is 9.73 Å². The maximum Gasteiger partial charge on any atom is 0.271 e. The first kappa shape index (κ1) is 15.2. The molecule has 1 amide bonds. The minimum atomic E-state index is -0.503. The van der Waals surface area contributed by atoms with Crippen LogP contribution in [0.4, 0.5) is 11.4 Å². The number of non-ortho nitro benzene ring substituents is 1. The van der Waals surface area contributed by atoms with Crippen LogP contribution in [0.15, 0.2) is 57.6 Å². The van der Waals surface area contributed by atoms with Crippen LogP contribution in [0.5, 0.6) is 0 Å². The Morgan fingerprint density at radius 1 is 1.26 bits per heavy atom. The van der Waals surface area contributed by atoms with E-state index in [0.717, 1.165) is 15.4 Å². The van der Waals surface area contributed by atoms with Crippen molar-refractivity contribution in [2.75, 3.05) is 5.32 Å². The lowest BCUT2D eigenvalue weighted by molar-refractivity contribution is -0.384. The number of nitrogens with one attached hydrogen (secondary N) is 1. The predicted octanol–water partition coefficient (Wildman–Crippen LogP) is 4.28. The predicted molar refractivity (Wildman–Crippen MR) is 89.3 cm³/mol. The Bertz CT molecular complexity index is 904.